The van der Waals surface area contributed by atoms with Crippen LogP contribution in [0.5, 0.6) is 0 Å². The summed E-state index contributed by atoms with van der Waals surface area (Å²) in [5, 5.41) is 5.51. The summed E-state index contributed by atoms with van der Waals surface area (Å²) in [5.74, 6) is 0.814. The summed E-state index contributed by atoms with van der Waals surface area (Å²) in [6, 6.07) is 11.6. The molecule has 1 fully saturated rings. The van der Waals surface area contributed by atoms with Gasteiger partial charge in [0.25, 0.3) is 0 Å². The van der Waals surface area contributed by atoms with E-state index in [-0.39, 0.29) is 0 Å². The smallest absolute Gasteiger partial charge is 0.204 e. The van der Waals surface area contributed by atoms with E-state index in [2.05, 4.69) is 9.88 Å². The molecule has 1 saturated heterocycles. The molecule has 3 aromatic rings. The molecular weight excluding hydrogens is 354 g/mol. The summed E-state index contributed by atoms with van der Waals surface area (Å²) in [5.41, 5.74) is 1.94. The number of nitrogens with zero attached hydrogens (tertiary/aromatic N) is 5. The van der Waals surface area contributed by atoms with E-state index in [1.54, 1.807) is 12.4 Å². The standard InChI is InChI=1S/C18H18ClN5S/c19-15-3-5-16(6-4-15)24-17(14-7-9-20-10-8-14)21-23(18(24)25)13-22-11-1-2-12-22/h3-10H,1-2,11-13H2. The van der Waals surface area contributed by atoms with Gasteiger partial charge in [0.1, 0.15) is 0 Å². The Balaban J connectivity index is 1.83. The van der Waals surface area contributed by atoms with Gasteiger partial charge in [0.05, 0.1) is 12.4 Å². The van der Waals surface area contributed by atoms with E-state index >= 15 is 0 Å². The SMILES string of the molecule is S=c1n(CN2CCCC2)nc(-c2ccncc2)n1-c1ccc(Cl)cc1. The molecule has 5 nitrogen and oxygen atoms in total. The van der Waals surface area contributed by atoms with Gasteiger partial charge in [0.15, 0.2) is 5.82 Å². The molecule has 0 amide bonds. The molecular formula is C18H18ClN5S. The highest BCUT2D eigenvalue weighted by Crippen LogP contribution is 2.24. The van der Waals surface area contributed by atoms with E-state index in [0.29, 0.717) is 9.79 Å². The highest BCUT2D eigenvalue weighted by Gasteiger charge is 2.18. The van der Waals surface area contributed by atoms with Gasteiger partial charge in [-0.25, -0.2) is 4.68 Å². The quantitative estimate of drug-likeness (QED) is 0.645. The molecule has 0 saturated carbocycles. The van der Waals surface area contributed by atoms with Crippen molar-refractivity contribution in [1.29, 1.82) is 0 Å². The maximum atomic E-state index is 6.04. The zero-order valence-electron chi connectivity index (χ0n) is 13.7. The van der Waals surface area contributed by atoms with Gasteiger partial charge in [-0.1, -0.05) is 11.6 Å². The average molecular weight is 372 g/mol. The first-order chi connectivity index (χ1) is 12.2. The van der Waals surface area contributed by atoms with Crippen LogP contribution in [0, 0.1) is 4.77 Å². The third-order valence-corrected chi connectivity index (χ3v) is 5.04. The Hall–Kier alpha value is -2.02. The third kappa shape index (κ3) is 3.38. The molecule has 1 aromatic carbocycles. The number of pyridine rings is 1. The minimum atomic E-state index is 0.682. The highest BCUT2D eigenvalue weighted by atomic mass is 35.5. The fraction of sp³-hybridized carbons (Fsp3) is 0.278. The van der Waals surface area contributed by atoms with Gasteiger partial charge in [0.2, 0.25) is 4.77 Å². The Labute approximate surface area is 156 Å². The topological polar surface area (TPSA) is 38.9 Å². The number of hydrogen-bond acceptors (Lipinski definition) is 4. The van der Waals surface area contributed by atoms with Crippen LogP contribution in [0.25, 0.3) is 17.1 Å². The molecule has 0 N–H and O–H groups in total. The predicted molar refractivity (Wildman–Crippen MR) is 101 cm³/mol. The van der Waals surface area contributed by atoms with Gasteiger partial charge in [0, 0.05) is 23.0 Å². The van der Waals surface area contributed by atoms with Crippen LogP contribution >= 0.6 is 23.8 Å². The average Bonchev–Trinajstić information content (AvgIpc) is 3.26. The second-order valence-corrected chi connectivity index (χ2v) is 6.92. The summed E-state index contributed by atoms with van der Waals surface area (Å²) in [6.45, 7) is 2.91. The maximum absolute atomic E-state index is 6.04. The molecule has 0 spiro atoms. The zero-order chi connectivity index (χ0) is 17.2. The van der Waals surface area contributed by atoms with Gasteiger partial charge in [-0.15, -0.1) is 5.10 Å². The van der Waals surface area contributed by atoms with E-state index in [4.69, 9.17) is 28.9 Å². The van der Waals surface area contributed by atoms with Crippen molar-refractivity contribution in [2.75, 3.05) is 13.1 Å². The van der Waals surface area contributed by atoms with Gasteiger partial charge in [-0.05, 0) is 74.5 Å². The molecule has 0 radical (unpaired) electrons. The fourth-order valence-electron chi connectivity index (χ4n) is 3.12. The van der Waals surface area contributed by atoms with Crippen LogP contribution in [0.3, 0.4) is 0 Å². The third-order valence-electron chi connectivity index (χ3n) is 4.40. The molecule has 1 aliphatic rings. The second-order valence-electron chi connectivity index (χ2n) is 6.12. The number of aromatic nitrogens is 4. The zero-order valence-corrected chi connectivity index (χ0v) is 15.2. The van der Waals surface area contributed by atoms with Gasteiger partial charge in [-0.2, -0.15) is 0 Å². The van der Waals surface area contributed by atoms with Crippen molar-refractivity contribution in [2.24, 2.45) is 0 Å². The van der Waals surface area contributed by atoms with E-state index < -0.39 is 0 Å². The number of rotatable bonds is 4. The monoisotopic (exact) mass is 371 g/mol. The number of hydrogen-bond donors (Lipinski definition) is 0. The number of benzene rings is 1. The number of halogens is 1. The summed E-state index contributed by atoms with van der Waals surface area (Å²) in [7, 11) is 0. The van der Waals surface area contributed by atoms with Gasteiger partial charge in [-0.3, -0.25) is 14.5 Å². The summed E-state index contributed by atoms with van der Waals surface area (Å²) in [4.78, 5) is 6.48. The van der Waals surface area contributed by atoms with Crippen LogP contribution in [-0.2, 0) is 6.67 Å². The van der Waals surface area contributed by atoms with E-state index in [9.17, 15) is 0 Å². The van der Waals surface area contributed by atoms with Crippen molar-refractivity contribution in [3.8, 4) is 17.1 Å². The molecule has 1 aliphatic heterocycles. The molecule has 7 heteroatoms. The van der Waals surface area contributed by atoms with E-state index in [0.717, 1.165) is 36.8 Å². The van der Waals surface area contributed by atoms with Crippen LogP contribution in [-0.4, -0.2) is 37.3 Å². The molecule has 0 bridgehead atoms. The Morgan fingerprint density at radius 1 is 1.00 bits per heavy atom. The number of likely N-dealkylation sites (tertiary alicyclic amines) is 1. The van der Waals surface area contributed by atoms with Crippen molar-refractivity contribution in [2.45, 2.75) is 19.5 Å². The van der Waals surface area contributed by atoms with Gasteiger partial charge < -0.3 is 0 Å². The van der Waals surface area contributed by atoms with Crippen LogP contribution in [0.4, 0.5) is 0 Å². The fourth-order valence-corrected chi connectivity index (χ4v) is 3.54. The van der Waals surface area contributed by atoms with Crippen molar-refractivity contribution >= 4 is 23.8 Å². The summed E-state index contributed by atoms with van der Waals surface area (Å²) in [6.07, 6.45) is 6.01. The lowest BCUT2D eigenvalue weighted by molar-refractivity contribution is 0.253. The molecule has 0 unspecified atom stereocenters. The lowest BCUT2D eigenvalue weighted by Crippen LogP contribution is -2.23. The first-order valence-corrected chi connectivity index (χ1v) is 9.09. The lowest BCUT2D eigenvalue weighted by Gasteiger charge is -2.13. The largest absolute Gasteiger partial charge is 0.284 e. The maximum Gasteiger partial charge on any atom is 0.204 e. The molecule has 4 rings (SSSR count). The second kappa shape index (κ2) is 7.07. The molecule has 3 heterocycles. The summed E-state index contributed by atoms with van der Waals surface area (Å²) >= 11 is 11.8. The minimum absolute atomic E-state index is 0.682. The Morgan fingerprint density at radius 2 is 1.68 bits per heavy atom. The lowest BCUT2D eigenvalue weighted by atomic mass is 10.2. The summed E-state index contributed by atoms with van der Waals surface area (Å²) < 4.78 is 4.59. The van der Waals surface area contributed by atoms with Crippen LogP contribution in [0.2, 0.25) is 5.02 Å². The molecule has 2 aromatic heterocycles. The molecule has 25 heavy (non-hydrogen) atoms. The molecule has 0 atom stereocenters. The molecule has 128 valence electrons. The first-order valence-electron chi connectivity index (χ1n) is 8.31. The molecule has 0 aliphatic carbocycles. The normalized spacial score (nSPS) is 14.9. The van der Waals surface area contributed by atoms with Crippen molar-refractivity contribution < 1.29 is 0 Å². The van der Waals surface area contributed by atoms with Crippen molar-refractivity contribution in [3.63, 3.8) is 0 Å². The minimum Gasteiger partial charge on any atom is -0.284 e. The Kier molecular flexibility index (Phi) is 4.65. The van der Waals surface area contributed by atoms with Crippen molar-refractivity contribution in [3.05, 3.63) is 58.6 Å². The predicted octanol–water partition coefficient (Wildman–Crippen LogP) is 4.17. The Bertz CT molecular complexity index is 911. The highest BCUT2D eigenvalue weighted by molar-refractivity contribution is 7.71. The van der Waals surface area contributed by atoms with E-state index in [1.807, 2.05) is 45.6 Å². The van der Waals surface area contributed by atoms with E-state index in [1.165, 1.54) is 12.8 Å². The van der Waals surface area contributed by atoms with Gasteiger partial charge >= 0.3 is 0 Å². The van der Waals surface area contributed by atoms with Crippen LogP contribution in [0.15, 0.2) is 48.8 Å². The van der Waals surface area contributed by atoms with Crippen LogP contribution in [0.1, 0.15) is 12.8 Å². The Morgan fingerprint density at radius 3 is 2.36 bits per heavy atom. The van der Waals surface area contributed by atoms with Crippen LogP contribution < -0.4 is 0 Å². The first kappa shape index (κ1) is 16.4. The van der Waals surface area contributed by atoms with Crippen molar-refractivity contribution in [1.82, 2.24) is 24.2 Å².